The fraction of sp³-hybridized carbons (Fsp3) is 0.364. The number of fused-ring (bicyclic) bond motifs is 1. The Morgan fingerprint density at radius 2 is 2.33 bits per heavy atom. The predicted octanol–water partition coefficient (Wildman–Crippen LogP) is 0.542. The van der Waals surface area contributed by atoms with Gasteiger partial charge in [0.25, 0.3) is 0 Å². The summed E-state index contributed by atoms with van der Waals surface area (Å²) < 4.78 is 0. The smallest absolute Gasteiger partial charge is 0.312 e. The van der Waals surface area contributed by atoms with Crippen LogP contribution in [0.5, 0.6) is 0 Å². The summed E-state index contributed by atoms with van der Waals surface area (Å²) in [4.78, 5) is 10.6. The van der Waals surface area contributed by atoms with Gasteiger partial charge in [-0.1, -0.05) is 24.3 Å². The average molecular weight is 205 g/mol. The minimum absolute atomic E-state index is 0.183. The van der Waals surface area contributed by atoms with Gasteiger partial charge in [-0.2, -0.15) is 0 Å². The number of rotatable bonds is 2. The number of carbonyl (C=O) groups excluding carboxylic acids is 1. The summed E-state index contributed by atoms with van der Waals surface area (Å²) in [6.07, 6.45) is 1.04. The van der Waals surface area contributed by atoms with Crippen LogP contribution in [0.3, 0.4) is 0 Å². The molecule has 1 aliphatic heterocycles. The number of primary amides is 1. The third kappa shape index (κ3) is 2.27. The molecule has 15 heavy (non-hydrogen) atoms. The second kappa shape index (κ2) is 4.31. The lowest BCUT2D eigenvalue weighted by Gasteiger charge is -2.26. The van der Waals surface area contributed by atoms with Gasteiger partial charge in [0, 0.05) is 12.6 Å². The van der Waals surface area contributed by atoms with Gasteiger partial charge in [-0.05, 0) is 24.1 Å². The number of nitrogens with two attached hydrogens (primary N) is 1. The monoisotopic (exact) mass is 205 g/mol. The first kappa shape index (κ1) is 9.98. The molecule has 0 saturated heterocycles. The number of carbonyl (C=O) groups is 1. The molecule has 0 bridgehead atoms. The quantitative estimate of drug-likeness (QED) is 0.659. The minimum Gasteiger partial charge on any atom is -0.352 e. The van der Waals surface area contributed by atoms with E-state index in [9.17, 15) is 4.79 Å². The summed E-state index contributed by atoms with van der Waals surface area (Å²) in [5.74, 6) is 0. The normalized spacial score (nSPS) is 19.3. The van der Waals surface area contributed by atoms with E-state index in [1.54, 1.807) is 0 Å². The van der Waals surface area contributed by atoms with Gasteiger partial charge in [0.15, 0.2) is 0 Å². The van der Waals surface area contributed by atoms with Gasteiger partial charge in [-0.25, -0.2) is 4.79 Å². The van der Waals surface area contributed by atoms with Gasteiger partial charge in [-0.15, -0.1) is 0 Å². The van der Waals surface area contributed by atoms with E-state index in [0.717, 1.165) is 13.0 Å². The second-order valence-electron chi connectivity index (χ2n) is 3.70. The lowest BCUT2D eigenvalue weighted by molar-refractivity contribution is 0.247. The highest BCUT2D eigenvalue weighted by atomic mass is 16.2. The first-order valence-corrected chi connectivity index (χ1v) is 5.12. The maximum absolute atomic E-state index is 10.6. The summed E-state index contributed by atoms with van der Waals surface area (Å²) in [5.41, 5.74) is 7.67. The molecule has 0 spiro atoms. The molecule has 1 unspecified atom stereocenters. The SMILES string of the molecule is NC(=O)NCC1NCCc2ccccc21. The zero-order valence-electron chi connectivity index (χ0n) is 8.49. The van der Waals surface area contributed by atoms with E-state index in [2.05, 4.69) is 22.8 Å². The Balaban J connectivity index is 2.11. The molecule has 1 aromatic carbocycles. The first-order chi connectivity index (χ1) is 7.27. The lowest BCUT2D eigenvalue weighted by atomic mass is 9.94. The molecule has 1 heterocycles. The van der Waals surface area contributed by atoms with E-state index in [1.807, 2.05) is 12.1 Å². The van der Waals surface area contributed by atoms with Gasteiger partial charge >= 0.3 is 6.03 Å². The molecule has 4 N–H and O–H groups in total. The standard InChI is InChI=1S/C11H15N3O/c12-11(15)14-7-10-9-4-2-1-3-8(9)5-6-13-10/h1-4,10,13H,5-7H2,(H3,12,14,15). The van der Waals surface area contributed by atoms with Gasteiger partial charge in [-0.3, -0.25) is 0 Å². The summed E-state index contributed by atoms with van der Waals surface area (Å²) >= 11 is 0. The van der Waals surface area contributed by atoms with Crippen LogP contribution in [0.25, 0.3) is 0 Å². The Bertz CT molecular complexity index is 365. The van der Waals surface area contributed by atoms with Crippen molar-refractivity contribution >= 4 is 6.03 Å². The van der Waals surface area contributed by atoms with Gasteiger partial charge < -0.3 is 16.4 Å². The molecule has 0 aromatic heterocycles. The van der Waals surface area contributed by atoms with Gasteiger partial charge in [0.05, 0.1) is 0 Å². The van der Waals surface area contributed by atoms with Crippen LogP contribution in [-0.4, -0.2) is 19.1 Å². The van der Waals surface area contributed by atoms with Crippen LogP contribution < -0.4 is 16.4 Å². The maximum Gasteiger partial charge on any atom is 0.312 e. The van der Waals surface area contributed by atoms with E-state index in [1.165, 1.54) is 11.1 Å². The fourth-order valence-electron chi connectivity index (χ4n) is 1.98. The van der Waals surface area contributed by atoms with Crippen LogP contribution >= 0.6 is 0 Å². The molecular weight excluding hydrogens is 190 g/mol. The summed E-state index contributed by atoms with van der Waals surface area (Å²) in [6, 6.07) is 8.00. The maximum atomic E-state index is 10.6. The van der Waals surface area contributed by atoms with Gasteiger partial charge in [0.2, 0.25) is 0 Å². The van der Waals surface area contributed by atoms with Crippen molar-refractivity contribution in [1.82, 2.24) is 10.6 Å². The molecule has 2 amide bonds. The molecule has 2 rings (SSSR count). The van der Waals surface area contributed by atoms with Crippen molar-refractivity contribution in [3.63, 3.8) is 0 Å². The van der Waals surface area contributed by atoms with Crippen LogP contribution in [-0.2, 0) is 6.42 Å². The molecule has 4 heteroatoms. The van der Waals surface area contributed by atoms with Crippen molar-refractivity contribution in [2.24, 2.45) is 5.73 Å². The number of benzene rings is 1. The first-order valence-electron chi connectivity index (χ1n) is 5.12. The number of hydrogen-bond acceptors (Lipinski definition) is 2. The molecule has 4 nitrogen and oxygen atoms in total. The number of urea groups is 1. The van der Waals surface area contributed by atoms with E-state index in [0.29, 0.717) is 6.54 Å². The van der Waals surface area contributed by atoms with Crippen molar-refractivity contribution in [3.05, 3.63) is 35.4 Å². The molecule has 0 aliphatic carbocycles. The van der Waals surface area contributed by atoms with Crippen molar-refractivity contribution in [1.29, 1.82) is 0 Å². The third-order valence-electron chi connectivity index (χ3n) is 2.70. The van der Waals surface area contributed by atoms with E-state index < -0.39 is 6.03 Å². The third-order valence-corrected chi connectivity index (χ3v) is 2.70. The molecule has 80 valence electrons. The van der Waals surface area contributed by atoms with E-state index in [4.69, 9.17) is 5.73 Å². The number of nitrogens with one attached hydrogen (secondary N) is 2. The zero-order valence-corrected chi connectivity index (χ0v) is 8.49. The number of amides is 2. The van der Waals surface area contributed by atoms with Crippen LogP contribution in [0.2, 0.25) is 0 Å². The van der Waals surface area contributed by atoms with Crippen LogP contribution in [0, 0.1) is 0 Å². The average Bonchev–Trinajstić information content (AvgIpc) is 2.26. The van der Waals surface area contributed by atoms with Crippen LogP contribution in [0.1, 0.15) is 17.2 Å². The molecule has 0 fully saturated rings. The topological polar surface area (TPSA) is 67.2 Å². The van der Waals surface area contributed by atoms with Crippen molar-refractivity contribution in [2.75, 3.05) is 13.1 Å². The van der Waals surface area contributed by atoms with Crippen molar-refractivity contribution in [3.8, 4) is 0 Å². The predicted molar refractivity (Wildman–Crippen MR) is 58.5 cm³/mol. The Kier molecular flexibility index (Phi) is 2.87. The zero-order chi connectivity index (χ0) is 10.7. The lowest BCUT2D eigenvalue weighted by Crippen LogP contribution is -2.40. The Labute approximate surface area is 88.9 Å². The Hall–Kier alpha value is -1.55. The highest BCUT2D eigenvalue weighted by molar-refractivity contribution is 5.71. The molecule has 0 radical (unpaired) electrons. The molecular formula is C11H15N3O. The molecule has 1 aromatic rings. The summed E-state index contributed by atoms with van der Waals surface area (Å²) in [7, 11) is 0. The number of hydrogen-bond donors (Lipinski definition) is 3. The molecule has 1 atom stereocenters. The van der Waals surface area contributed by atoms with Gasteiger partial charge in [0.1, 0.15) is 0 Å². The second-order valence-corrected chi connectivity index (χ2v) is 3.70. The molecule has 0 saturated carbocycles. The van der Waals surface area contributed by atoms with E-state index >= 15 is 0 Å². The largest absolute Gasteiger partial charge is 0.352 e. The Morgan fingerprint density at radius 1 is 1.53 bits per heavy atom. The fourth-order valence-corrected chi connectivity index (χ4v) is 1.98. The minimum atomic E-state index is -0.472. The highest BCUT2D eigenvalue weighted by Crippen LogP contribution is 2.21. The van der Waals surface area contributed by atoms with Crippen molar-refractivity contribution < 1.29 is 4.79 Å². The molecule has 1 aliphatic rings. The summed E-state index contributed by atoms with van der Waals surface area (Å²) in [6.45, 7) is 1.49. The van der Waals surface area contributed by atoms with E-state index in [-0.39, 0.29) is 6.04 Å². The van der Waals surface area contributed by atoms with Crippen LogP contribution in [0.4, 0.5) is 4.79 Å². The Morgan fingerprint density at radius 3 is 3.13 bits per heavy atom. The summed E-state index contributed by atoms with van der Waals surface area (Å²) in [5, 5.41) is 5.99. The van der Waals surface area contributed by atoms with Crippen LogP contribution in [0.15, 0.2) is 24.3 Å². The highest BCUT2D eigenvalue weighted by Gasteiger charge is 2.18. The van der Waals surface area contributed by atoms with Crippen molar-refractivity contribution in [2.45, 2.75) is 12.5 Å².